The molecule has 2 atom stereocenters. The number of carbonyl (C=O) groups is 8. The van der Waals surface area contributed by atoms with E-state index in [0.717, 1.165) is 11.8 Å². The number of aliphatic hydroxyl groups excluding tert-OH is 2. The number of alkyl halides is 1. The molecule has 10 amide bonds. The van der Waals surface area contributed by atoms with E-state index < -0.39 is 59.1 Å². The van der Waals surface area contributed by atoms with Gasteiger partial charge in [0, 0.05) is 62.3 Å². The Bertz CT molecular complexity index is 2210. The fourth-order valence-electron chi connectivity index (χ4n) is 8.15. The van der Waals surface area contributed by atoms with Crippen molar-refractivity contribution in [2.24, 2.45) is 0 Å². The Hall–Kier alpha value is -5.88. The van der Waals surface area contributed by atoms with E-state index in [0.29, 0.717) is 73.0 Å². The standard InChI is InChI=1S/C25H35N3O9.C19H23N3O6.C8H17BrO/c1-25(2,3)37-24(33)28-21(30)9-8-20(22(28)31)27-11-10-26(23(27)32)18-4-6-19(7-5-18)36-17-16-35-15-14-34-13-12-29;1-19(2,3)28-18(27)22-15(24)9-8-14(16(22)25)21-11-10-20(17(21)26)12-4-6-13(23)7-5-12;9-7-5-3-1-2-4-6-8-10/h4-7,20,29H,8-17H2,1-3H3;4-7,14,23H,8-11H2,1-3H3;10H,1-8H2. The van der Waals surface area contributed by atoms with Crippen molar-refractivity contribution >= 4 is 75.2 Å². The van der Waals surface area contributed by atoms with Crippen LogP contribution in [0.15, 0.2) is 48.5 Å². The van der Waals surface area contributed by atoms with Gasteiger partial charge in [-0.2, -0.15) is 9.80 Å². The molecule has 2 aromatic carbocycles. The number of hydrogen-bond acceptors (Lipinski definition) is 16. The van der Waals surface area contributed by atoms with Crippen molar-refractivity contribution in [2.45, 2.75) is 129 Å². The molecular weight excluding hydrogens is 1040 g/mol. The number of carbonyl (C=O) groups excluding carboxylic acids is 8. The van der Waals surface area contributed by atoms with E-state index in [1.165, 1.54) is 58.9 Å². The first-order valence-electron chi connectivity index (χ1n) is 25.4. The van der Waals surface area contributed by atoms with Crippen LogP contribution in [-0.2, 0) is 38.1 Å². The molecule has 2 aromatic rings. The summed E-state index contributed by atoms with van der Waals surface area (Å²) in [6, 6.07) is 10.6. The van der Waals surface area contributed by atoms with E-state index >= 15 is 0 Å². The van der Waals surface area contributed by atoms with Crippen molar-refractivity contribution in [3.8, 4) is 11.5 Å². The average molecular weight is 1120 g/mol. The highest BCUT2D eigenvalue weighted by atomic mass is 79.9. The summed E-state index contributed by atoms with van der Waals surface area (Å²) < 4.78 is 26.5. The molecule has 4 aliphatic rings. The number of hydrogen-bond donors (Lipinski definition) is 3. The van der Waals surface area contributed by atoms with Crippen molar-refractivity contribution in [1.29, 1.82) is 0 Å². The van der Waals surface area contributed by atoms with Crippen LogP contribution in [0.2, 0.25) is 0 Å². The highest BCUT2D eigenvalue weighted by Crippen LogP contribution is 2.30. The average Bonchev–Trinajstić information content (AvgIpc) is 3.92. The quantitative estimate of drug-likeness (QED) is 0.0718. The van der Waals surface area contributed by atoms with Crippen molar-refractivity contribution in [3.05, 3.63) is 48.5 Å². The van der Waals surface area contributed by atoms with Crippen LogP contribution >= 0.6 is 15.9 Å². The minimum Gasteiger partial charge on any atom is -0.508 e. The van der Waals surface area contributed by atoms with E-state index in [9.17, 15) is 43.5 Å². The van der Waals surface area contributed by atoms with Gasteiger partial charge in [0.25, 0.3) is 11.8 Å². The molecule has 4 aliphatic heterocycles. The monoisotopic (exact) mass is 1120 g/mol. The summed E-state index contributed by atoms with van der Waals surface area (Å²) in [5, 5.41) is 27.6. The number of phenols is 1. The maximum atomic E-state index is 13.2. The van der Waals surface area contributed by atoms with Gasteiger partial charge >= 0.3 is 24.2 Å². The second-order valence-electron chi connectivity index (χ2n) is 19.8. The lowest BCUT2D eigenvalue weighted by atomic mass is 10.0. The summed E-state index contributed by atoms with van der Waals surface area (Å²) in [4.78, 5) is 108. The fourth-order valence-corrected chi connectivity index (χ4v) is 8.55. The molecule has 2 unspecified atom stereocenters. The number of halogens is 1. The summed E-state index contributed by atoms with van der Waals surface area (Å²) in [5.41, 5.74) is -0.498. The van der Waals surface area contributed by atoms with Crippen LogP contribution in [0.25, 0.3) is 0 Å². The number of rotatable bonds is 20. The van der Waals surface area contributed by atoms with Crippen molar-refractivity contribution in [1.82, 2.24) is 19.6 Å². The molecule has 4 heterocycles. The molecule has 0 aromatic heterocycles. The van der Waals surface area contributed by atoms with Crippen LogP contribution in [0.4, 0.5) is 30.6 Å². The van der Waals surface area contributed by atoms with E-state index in [2.05, 4.69) is 15.9 Å². The molecular formula is C52H75BrN6O16. The van der Waals surface area contributed by atoms with Crippen LogP contribution in [0.1, 0.15) is 106 Å². The largest absolute Gasteiger partial charge is 0.508 e. The molecule has 6 rings (SSSR count). The Morgan fingerprint density at radius 1 is 0.560 bits per heavy atom. The molecule has 22 nitrogen and oxygen atoms in total. The Kier molecular flexibility index (Phi) is 24.7. The number of unbranched alkanes of at least 4 members (excludes halogenated alkanes) is 5. The highest BCUT2D eigenvalue weighted by Gasteiger charge is 2.48. The van der Waals surface area contributed by atoms with Crippen LogP contribution in [0, 0.1) is 0 Å². The predicted octanol–water partition coefficient (Wildman–Crippen LogP) is 6.59. The topological polar surface area (TPSA) is 263 Å². The minimum atomic E-state index is -1.02. The third kappa shape index (κ3) is 19.0. The number of ether oxygens (including phenoxy) is 5. The number of imide groups is 6. The lowest BCUT2D eigenvalue weighted by Crippen LogP contribution is -2.57. The number of amides is 10. The molecule has 0 spiro atoms. The van der Waals surface area contributed by atoms with Gasteiger partial charge in [0.15, 0.2) is 0 Å². The molecule has 0 bridgehead atoms. The zero-order valence-corrected chi connectivity index (χ0v) is 45.6. The predicted molar refractivity (Wildman–Crippen MR) is 278 cm³/mol. The zero-order chi connectivity index (χ0) is 55.3. The number of likely N-dealkylation sites (tertiary alicyclic amines) is 2. The molecule has 0 saturated carbocycles. The first kappa shape index (κ1) is 61.7. The van der Waals surface area contributed by atoms with Gasteiger partial charge in [-0.05, 0) is 116 Å². The van der Waals surface area contributed by atoms with Crippen molar-refractivity contribution in [3.63, 3.8) is 0 Å². The zero-order valence-electron chi connectivity index (χ0n) is 44.0. The summed E-state index contributed by atoms with van der Waals surface area (Å²) in [6.07, 6.45) is 5.61. The van der Waals surface area contributed by atoms with Crippen LogP contribution < -0.4 is 14.5 Å². The number of aliphatic hydroxyl groups is 2. The lowest BCUT2D eigenvalue weighted by Gasteiger charge is -2.34. The highest BCUT2D eigenvalue weighted by molar-refractivity contribution is 9.09. The van der Waals surface area contributed by atoms with Gasteiger partial charge < -0.3 is 48.8 Å². The fraction of sp³-hybridized carbons (Fsp3) is 0.615. The summed E-state index contributed by atoms with van der Waals surface area (Å²) in [6.45, 7) is 13.3. The van der Waals surface area contributed by atoms with Crippen LogP contribution in [0.5, 0.6) is 11.5 Å². The van der Waals surface area contributed by atoms with E-state index in [-0.39, 0.29) is 69.8 Å². The first-order valence-corrected chi connectivity index (χ1v) is 26.6. The Balaban J connectivity index is 0.000000281. The third-order valence-electron chi connectivity index (χ3n) is 11.7. The van der Waals surface area contributed by atoms with Gasteiger partial charge in [0.1, 0.15) is 41.4 Å². The van der Waals surface area contributed by atoms with Crippen molar-refractivity contribution < 1.29 is 77.4 Å². The number of aromatic hydroxyl groups is 1. The van der Waals surface area contributed by atoms with Gasteiger partial charge in [-0.25, -0.2) is 19.2 Å². The van der Waals surface area contributed by atoms with Gasteiger partial charge in [-0.3, -0.25) is 29.0 Å². The Morgan fingerprint density at radius 3 is 1.40 bits per heavy atom. The van der Waals surface area contributed by atoms with Gasteiger partial charge in [-0.1, -0.05) is 41.6 Å². The summed E-state index contributed by atoms with van der Waals surface area (Å²) >= 11 is 3.39. The smallest absolute Gasteiger partial charge is 0.424 e. The molecule has 4 fully saturated rings. The normalized spacial score (nSPS) is 18.3. The molecule has 4 saturated heterocycles. The minimum absolute atomic E-state index is 0.0212. The van der Waals surface area contributed by atoms with E-state index in [4.69, 9.17) is 33.9 Å². The van der Waals surface area contributed by atoms with Crippen molar-refractivity contribution in [2.75, 3.05) is 87.6 Å². The number of piperidine rings is 2. The Labute approximate surface area is 447 Å². The first-order chi connectivity index (χ1) is 35.6. The van der Waals surface area contributed by atoms with E-state index in [1.54, 1.807) is 82.8 Å². The maximum absolute atomic E-state index is 13.2. The third-order valence-corrected chi connectivity index (χ3v) is 12.3. The number of nitrogens with zero attached hydrogens (tertiary/aromatic N) is 6. The summed E-state index contributed by atoms with van der Waals surface area (Å²) in [7, 11) is 0. The van der Waals surface area contributed by atoms with Crippen LogP contribution in [-0.4, -0.2) is 184 Å². The number of anilines is 2. The molecule has 0 aliphatic carbocycles. The van der Waals surface area contributed by atoms with E-state index in [1.807, 2.05) is 0 Å². The van der Waals surface area contributed by atoms with Crippen LogP contribution in [0.3, 0.4) is 0 Å². The molecule has 75 heavy (non-hydrogen) atoms. The number of benzene rings is 2. The van der Waals surface area contributed by atoms with Gasteiger partial charge in [0.05, 0.1) is 33.0 Å². The lowest BCUT2D eigenvalue weighted by molar-refractivity contribution is -0.152. The number of urea groups is 2. The second kappa shape index (κ2) is 30.0. The maximum Gasteiger partial charge on any atom is 0.424 e. The molecule has 23 heteroatoms. The Morgan fingerprint density at radius 2 is 0.973 bits per heavy atom. The molecule has 416 valence electrons. The summed E-state index contributed by atoms with van der Waals surface area (Å²) in [5.74, 6) is -2.05. The van der Waals surface area contributed by atoms with Gasteiger partial charge in [0.2, 0.25) is 11.8 Å². The molecule has 3 N–H and O–H groups in total. The second-order valence-corrected chi connectivity index (χ2v) is 20.6. The van der Waals surface area contributed by atoms with Gasteiger partial charge in [-0.15, -0.1) is 0 Å². The SMILES string of the molecule is CC(C)(C)OC(=O)N1C(=O)CCC(N2CCN(c3ccc(O)cc3)C2=O)C1=O.CC(C)(C)OC(=O)N1C(=O)CCC(N2CCN(c3ccc(OCCOCCOCCO)cc3)C2=O)C1=O.OCCCCCCCCBr. The number of phenolic OH excluding ortho intramolecular Hbond substituents is 1. The molecule has 0 radical (unpaired) electrons.